The Morgan fingerprint density at radius 2 is 2.14 bits per heavy atom. The fourth-order valence-electron chi connectivity index (χ4n) is 1.23. The van der Waals surface area contributed by atoms with E-state index in [4.69, 9.17) is 4.74 Å². The second-order valence-corrected chi connectivity index (χ2v) is 3.16. The van der Waals surface area contributed by atoms with Crippen molar-refractivity contribution in [2.75, 3.05) is 13.7 Å². The monoisotopic (exact) mass is 191 g/mol. The lowest BCUT2D eigenvalue weighted by atomic mass is 10.2. The predicted octanol–water partition coefficient (Wildman–Crippen LogP) is 1.98. The van der Waals surface area contributed by atoms with Gasteiger partial charge in [0, 0.05) is 19.7 Å². The van der Waals surface area contributed by atoms with Crippen molar-refractivity contribution in [1.29, 1.82) is 0 Å². The van der Waals surface area contributed by atoms with Gasteiger partial charge in [0.2, 0.25) is 0 Å². The fourth-order valence-corrected chi connectivity index (χ4v) is 1.23. The van der Waals surface area contributed by atoms with E-state index in [-0.39, 0.29) is 6.04 Å². The Balaban J connectivity index is 2.35. The van der Waals surface area contributed by atoms with E-state index in [1.54, 1.807) is 7.11 Å². The van der Waals surface area contributed by atoms with Gasteiger partial charge in [0.25, 0.3) is 0 Å². The Hall–Kier alpha value is -1.12. The molecule has 0 radical (unpaired) electrons. The zero-order valence-electron chi connectivity index (χ0n) is 8.57. The van der Waals surface area contributed by atoms with Crippen LogP contribution < -0.4 is 5.32 Å². The molecular weight excluding hydrogens is 174 g/mol. The van der Waals surface area contributed by atoms with Crippen LogP contribution >= 0.6 is 0 Å². The summed E-state index contributed by atoms with van der Waals surface area (Å²) in [4.78, 5) is 0. The molecule has 0 aliphatic rings. The van der Waals surface area contributed by atoms with Crippen LogP contribution in [0.5, 0.6) is 0 Å². The summed E-state index contributed by atoms with van der Waals surface area (Å²) in [5, 5.41) is 3.34. The Kier molecular flexibility index (Phi) is 4.97. The van der Waals surface area contributed by atoms with Crippen LogP contribution in [0.3, 0.4) is 0 Å². The van der Waals surface area contributed by atoms with Gasteiger partial charge < -0.3 is 10.1 Å². The molecule has 0 spiro atoms. The Labute approximate surface area is 85.6 Å². The molecule has 76 valence electrons. The average molecular weight is 191 g/mol. The normalized spacial score (nSPS) is 12.4. The van der Waals surface area contributed by atoms with Crippen molar-refractivity contribution < 1.29 is 4.74 Å². The summed E-state index contributed by atoms with van der Waals surface area (Å²) in [5.41, 5.74) is 1.27. The van der Waals surface area contributed by atoms with Gasteiger partial charge in [-0.05, 0) is 5.56 Å². The summed E-state index contributed by atoms with van der Waals surface area (Å²) in [5.74, 6) is 0. The second kappa shape index (κ2) is 6.35. The van der Waals surface area contributed by atoms with Crippen molar-refractivity contribution >= 4 is 0 Å². The van der Waals surface area contributed by atoms with Crippen LogP contribution in [0, 0.1) is 0 Å². The molecule has 2 nitrogen and oxygen atoms in total. The third kappa shape index (κ3) is 3.73. The van der Waals surface area contributed by atoms with Gasteiger partial charge in [0.15, 0.2) is 0 Å². The molecule has 0 fully saturated rings. The van der Waals surface area contributed by atoms with Gasteiger partial charge in [-0.3, -0.25) is 0 Å². The predicted molar refractivity (Wildman–Crippen MR) is 59.1 cm³/mol. The first-order valence-electron chi connectivity index (χ1n) is 4.75. The SMILES string of the molecule is C=CC(COC)NCc1ccccc1. The Bertz CT molecular complexity index is 258. The number of rotatable bonds is 6. The minimum Gasteiger partial charge on any atom is -0.383 e. The molecule has 1 aromatic carbocycles. The second-order valence-electron chi connectivity index (χ2n) is 3.16. The lowest BCUT2D eigenvalue weighted by molar-refractivity contribution is 0.180. The van der Waals surface area contributed by atoms with Gasteiger partial charge in [-0.1, -0.05) is 36.4 Å². The maximum absolute atomic E-state index is 5.05. The minimum absolute atomic E-state index is 0.222. The van der Waals surface area contributed by atoms with Crippen molar-refractivity contribution in [2.24, 2.45) is 0 Å². The standard InChI is InChI=1S/C12H17NO/c1-3-12(10-14-2)13-9-11-7-5-4-6-8-11/h3-8,12-13H,1,9-10H2,2H3. The molecule has 0 bridgehead atoms. The Morgan fingerprint density at radius 3 is 2.71 bits per heavy atom. The molecule has 0 aromatic heterocycles. The first-order chi connectivity index (χ1) is 6.86. The van der Waals surface area contributed by atoms with E-state index in [1.807, 2.05) is 24.3 Å². The number of methoxy groups -OCH3 is 1. The van der Waals surface area contributed by atoms with E-state index in [0.717, 1.165) is 6.54 Å². The summed E-state index contributed by atoms with van der Waals surface area (Å²) in [7, 11) is 1.70. The molecule has 0 amide bonds. The van der Waals surface area contributed by atoms with Crippen molar-refractivity contribution in [3.05, 3.63) is 48.6 Å². The van der Waals surface area contributed by atoms with E-state index in [9.17, 15) is 0 Å². The molecule has 0 aliphatic carbocycles. The van der Waals surface area contributed by atoms with Gasteiger partial charge in [-0.25, -0.2) is 0 Å². The lowest BCUT2D eigenvalue weighted by Crippen LogP contribution is -2.30. The van der Waals surface area contributed by atoms with Crippen LogP contribution in [0.2, 0.25) is 0 Å². The first kappa shape index (κ1) is 11.0. The molecule has 1 atom stereocenters. The fraction of sp³-hybridized carbons (Fsp3) is 0.333. The van der Waals surface area contributed by atoms with Crippen molar-refractivity contribution in [1.82, 2.24) is 5.32 Å². The quantitative estimate of drug-likeness (QED) is 0.694. The maximum Gasteiger partial charge on any atom is 0.0651 e. The van der Waals surface area contributed by atoms with E-state index >= 15 is 0 Å². The van der Waals surface area contributed by atoms with E-state index < -0.39 is 0 Å². The number of ether oxygens (including phenoxy) is 1. The molecule has 1 unspecified atom stereocenters. The van der Waals surface area contributed by atoms with E-state index in [2.05, 4.69) is 24.0 Å². The molecule has 0 saturated heterocycles. The Morgan fingerprint density at radius 1 is 1.43 bits per heavy atom. The highest BCUT2D eigenvalue weighted by atomic mass is 16.5. The van der Waals surface area contributed by atoms with E-state index in [1.165, 1.54) is 5.56 Å². The molecule has 1 rings (SSSR count). The number of hydrogen-bond acceptors (Lipinski definition) is 2. The highest BCUT2D eigenvalue weighted by molar-refractivity contribution is 5.14. The lowest BCUT2D eigenvalue weighted by Gasteiger charge is -2.13. The first-order valence-corrected chi connectivity index (χ1v) is 4.75. The molecule has 1 N–H and O–H groups in total. The summed E-state index contributed by atoms with van der Waals surface area (Å²) in [6.45, 7) is 5.26. The molecular formula is C12H17NO. The van der Waals surface area contributed by atoms with Crippen molar-refractivity contribution in [3.8, 4) is 0 Å². The van der Waals surface area contributed by atoms with Crippen LogP contribution in [0.15, 0.2) is 43.0 Å². The molecule has 1 aromatic rings. The van der Waals surface area contributed by atoms with Crippen LogP contribution in [0.4, 0.5) is 0 Å². The van der Waals surface area contributed by atoms with Crippen LogP contribution in [-0.2, 0) is 11.3 Å². The zero-order chi connectivity index (χ0) is 10.2. The number of nitrogens with one attached hydrogen (secondary N) is 1. The van der Waals surface area contributed by atoms with Gasteiger partial charge in [0.1, 0.15) is 0 Å². The molecule has 0 saturated carbocycles. The number of hydrogen-bond donors (Lipinski definition) is 1. The third-order valence-corrected chi connectivity index (χ3v) is 2.04. The smallest absolute Gasteiger partial charge is 0.0651 e. The van der Waals surface area contributed by atoms with Gasteiger partial charge in [-0.2, -0.15) is 0 Å². The maximum atomic E-state index is 5.05. The van der Waals surface area contributed by atoms with Gasteiger partial charge in [0.05, 0.1) is 6.61 Å². The van der Waals surface area contributed by atoms with Crippen LogP contribution in [-0.4, -0.2) is 19.8 Å². The molecule has 0 aliphatic heterocycles. The molecule has 0 heterocycles. The zero-order valence-corrected chi connectivity index (χ0v) is 8.57. The summed E-state index contributed by atoms with van der Waals surface area (Å²) < 4.78 is 5.05. The average Bonchev–Trinajstić information content (AvgIpc) is 2.25. The van der Waals surface area contributed by atoms with Gasteiger partial charge in [-0.15, -0.1) is 6.58 Å². The largest absolute Gasteiger partial charge is 0.383 e. The third-order valence-electron chi connectivity index (χ3n) is 2.04. The minimum atomic E-state index is 0.222. The van der Waals surface area contributed by atoms with Crippen molar-refractivity contribution in [2.45, 2.75) is 12.6 Å². The topological polar surface area (TPSA) is 21.3 Å². The van der Waals surface area contributed by atoms with Gasteiger partial charge >= 0.3 is 0 Å². The van der Waals surface area contributed by atoms with Crippen LogP contribution in [0.25, 0.3) is 0 Å². The number of benzene rings is 1. The summed E-state index contributed by atoms with van der Waals surface area (Å²) >= 11 is 0. The van der Waals surface area contributed by atoms with Crippen molar-refractivity contribution in [3.63, 3.8) is 0 Å². The van der Waals surface area contributed by atoms with Crippen LogP contribution in [0.1, 0.15) is 5.56 Å². The molecule has 2 heteroatoms. The molecule has 14 heavy (non-hydrogen) atoms. The highest BCUT2D eigenvalue weighted by Gasteiger charge is 2.01. The summed E-state index contributed by atoms with van der Waals surface area (Å²) in [6, 6.07) is 10.5. The summed E-state index contributed by atoms with van der Waals surface area (Å²) in [6.07, 6.45) is 1.87. The van der Waals surface area contributed by atoms with E-state index in [0.29, 0.717) is 6.61 Å². The highest BCUT2D eigenvalue weighted by Crippen LogP contribution is 1.98.